The largest absolute Gasteiger partial charge is 0.493 e. The highest BCUT2D eigenvalue weighted by molar-refractivity contribution is 6.09. The summed E-state index contributed by atoms with van der Waals surface area (Å²) in [6, 6.07) is 19.8. The van der Waals surface area contributed by atoms with Gasteiger partial charge < -0.3 is 19.0 Å². The van der Waals surface area contributed by atoms with Gasteiger partial charge in [-0.15, -0.1) is 0 Å². The van der Waals surface area contributed by atoms with Crippen molar-refractivity contribution in [3.8, 4) is 22.8 Å². The average molecular weight is 442 g/mol. The normalized spacial score (nSPS) is 11.1. The van der Waals surface area contributed by atoms with Gasteiger partial charge >= 0.3 is 5.97 Å². The van der Waals surface area contributed by atoms with Crippen molar-refractivity contribution in [1.82, 2.24) is 0 Å². The number of carbonyl (C=O) groups excluding carboxylic acids is 1. The summed E-state index contributed by atoms with van der Waals surface area (Å²) in [5, 5.41) is 10.1. The van der Waals surface area contributed by atoms with Gasteiger partial charge in [-0.25, -0.2) is 0 Å². The smallest absolute Gasteiger partial charge is 0.307 e. The van der Waals surface area contributed by atoms with E-state index in [1.54, 1.807) is 50.6 Å². The monoisotopic (exact) mass is 442 g/mol. The zero-order valence-electron chi connectivity index (χ0n) is 18.2. The molecule has 0 aliphatic heterocycles. The predicted octanol–water partition coefficient (Wildman–Crippen LogP) is 5.64. The lowest BCUT2D eigenvalue weighted by Gasteiger charge is -2.07. The minimum absolute atomic E-state index is 0.212. The SMILES string of the molecule is COc1ccc(/C=C/C(=O)c2ccc3oc(-c4ccccc4)c(CC(=O)O)c3c2)cc1OC. The Balaban J connectivity index is 1.69. The lowest BCUT2D eigenvalue weighted by molar-refractivity contribution is -0.136. The van der Waals surface area contributed by atoms with Crippen LogP contribution in [0.4, 0.5) is 0 Å². The average Bonchev–Trinajstić information content (AvgIpc) is 3.19. The predicted molar refractivity (Wildman–Crippen MR) is 126 cm³/mol. The molecular formula is C27H22O6. The highest BCUT2D eigenvalue weighted by Gasteiger charge is 2.19. The quantitative estimate of drug-likeness (QED) is 0.281. The third kappa shape index (κ3) is 4.65. The fourth-order valence-electron chi connectivity index (χ4n) is 3.68. The molecule has 0 saturated heterocycles. The van der Waals surface area contributed by atoms with Gasteiger partial charge in [0.25, 0.3) is 0 Å². The van der Waals surface area contributed by atoms with Gasteiger partial charge in [-0.3, -0.25) is 9.59 Å². The molecule has 1 aromatic heterocycles. The minimum atomic E-state index is -0.972. The van der Waals surface area contributed by atoms with Crippen molar-refractivity contribution in [2.24, 2.45) is 0 Å². The highest BCUT2D eigenvalue weighted by atomic mass is 16.5. The topological polar surface area (TPSA) is 86.0 Å². The van der Waals surface area contributed by atoms with Crippen molar-refractivity contribution in [2.75, 3.05) is 14.2 Å². The van der Waals surface area contributed by atoms with Crippen LogP contribution in [-0.4, -0.2) is 31.1 Å². The van der Waals surface area contributed by atoms with E-state index in [0.29, 0.717) is 39.4 Å². The highest BCUT2D eigenvalue weighted by Crippen LogP contribution is 2.35. The molecule has 6 nitrogen and oxygen atoms in total. The fourth-order valence-corrected chi connectivity index (χ4v) is 3.68. The van der Waals surface area contributed by atoms with Gasteiger partial charge in [-0.1, -0.05) is 42.5 Å². The molecule has 0 amide bonds. The van der Waals surface area contributed by atoms with Crippen LogP contribution in [0, 0.1) is 0 Å². The van der Waals surface area contributed by atoms with Crippen LogP contribution in [0.3, 0.4) is 0 Å². The van der Waals surface area contributed by atoms with Gasteiger partial charge in [0.05, 0.1) is 20.6 Å². The molecule has 3 aromatic carbocycles. The number of aliphatic carboxylic acids is 1. The molecule has 0 unspecified atom stereocenters. The molecule has 0 bridgehead atoms. The molecule has 0 aliphatic rings. The lowest BCUT2D eigenvalue weighted by atomic mass is 10.0. The first-order chi connectivity index (χ1) is 16.0. The van der Waals surface area contributed by atoms with Crippen LogP contribution in [0.5, 0.6) is 11.5 Å². The molecule has 6 heteroatoms. The molecule has 4 aromatic rings. The summed E-state index contributed by atoms with van der Waals surface area (Å²) in [6.45, 7) is 0. The number of furan rings is 1. The minimum Gasteiger partial charge on any atom is -0.493 e. The Labute approximate surface area is 190 Å². The number of ketones is 1. The number of rotatable bonds is 8. The first-order valence-corrected chi connectivity index (χ1v) is 10.3. The van der Waals surface area contributed by atoms with Gasteiger partial charge in [0.15, 0.2) is 17.3 Å². The molecule has 0 atom stereocenters. The van der Waals surface area contributed by atoms with E-state index in [9.17, 15) is 14.7 Å². The number of benzene rings is 3. The van der Waals surface area contributed by atoms with E-state index >= 15 is 0 Å². The van der Waals surface area contributed by atoms with Crippen molar-refractivity contribution in [2.45, 2.75) is 6.42 Å². The number of hydrogen-bond acceptors (Lipinski definition) is 5. The van der Waals surface area contributed by atoms with E-state index < -0.39 is 5.97 Å². The molecule has 1 heterocycles. The number of ether oxygens (including phenoxy) is 2. The van der Waals surface area contributed by atoms with Crippen molar-refractivity contribution in [3.63, 3.8) is 0 Å². The second kappa shape index (κ2) is 9.44. The fraction of sp³-hybridized carbons (Fsp3) is 0.111. The zero-order chi connectivity index (χ0) is 23.4. The molecule has 0 aliphatic carbocycles. The van der Waals surface area contributed by atoms with Crippen molar-refractivity contribution < 1.29 is 28.6 Å². The number of carbonyl (C=O) groups is 2. The number of fused-ring (bicyclic) bond motifs is 1. The second-order valence-corrected chi connectivity index (χ2v) is 7.37. The lowest BCUT2D eigenvalue weighted by Crippen LogP contribution is -2.01. The summed E-state index contributed by atoms with van der Waals surface area (Å²) < 4.78 is 16.5. The number of carboxylic acid groups (broad SMARTS) is 1. The van der Waals surface area contributed by atoms with Gasteiger partial charge in [-0.05, 0) is 42.0 Å². The van der Waals surface area contributed by atoms with E-state index in [1.807, 2.05) is 36.4 Å². The van der Waals surface area contributed by atoms with E-state index in [0.717, 1.165) is 11.1 Å². The standard InChI is InChI=1S/C27H22O6/c1-31-24-12-9-17(14-25(24)32-2)8-11-22(28)19-10-13-23-20(15-19)21(16-26(29)30)27(33-23)18-6-4-3-5-7-18/h3-15H,16H2,1-2H3,(H,29,30)/b11-8+. The number of carboxylic acids is 1. The summed E-state index contributed by atoms with van der Waals surface area (Å²) in [4.78, 5) is 24.4. The Morgan fingerprint density at radius 1 is 0.939 bits per heavy atom. The zero-order valence-corrected chi connectivity index (χ0v) is 18.2. The van der Waals surface area contributed by atoms with Crippen LogP contribution in [0.15, 0.2) is 77.2 Å². The van der Waals surface area contributed by atoms with Crippen LogP contribution in [-0.2, 0) is 11.2 Å². The Hall–Kier alpha value is -4.32. The first-order valence-electron chi connectivity index (χ1n) is 10.3. The third-order valence-corrected chi connectivity index (χ3v) is 5.27. The Kier molecular flexibility index (Phi) is 6.26. The first kappa shape index (κ1) is 21.9. The van der Waals surface area contributed by atoms with E-state index in [-0.39, 0.29) is 12.2 Å². The van der Waals surface area contributed by atoms with Crippen molar-refractivity contribution in [1.29, 1.82) is 0 Å². The van der Waals surface area contributed by atoms with E-state index in [4.69, 9.17) is 13.9 Å². The molecule has 33 heavy (non-hydrogen) atoms. The third-order valence-electron chi connectivity index (χ3n) is 5.27. The Morgan fingerprint density at radius 3 is 2.39 bits per heavy atom. The molecule has 0 saturated carbocycles. The maximum Gasteiger partial charge on any atom is 0.307 e. The number of methoxy groups -OCH3 is 2. The van der Waals surface area contributed by atoms with Crippen molar-refractivity contribution in [3.05, 3.63) is 89.5 Å². The molecule has 0 radical (unpaired) electrons. The number of hydrogen-bond donors (Lipinski definition) is 1. The van der Waals surface area contributed by atoms with Crippen LogP contribution >= 0.6 is 0 Å². The van der Waals surface area contributed by atoms with Crippen LogP contribution in [0.1, 0.15) is 21.5 Å². The summed E-state index contributed by atoms with van der Waals surface area (Å²) >= 11 is 0. The van der Waals surface area contributed by atoms with Gasteiger partial charge in [-0.2, -0.15) is 0 Å². The maximum absolute atomic E-state index is 12.9. The van der Waals surface area contributed by atoms with Gasteiger partial charge in [0, 0.05) is 22.1 Å². The molecule has 1 N–H and O–H groups in total. The van der Waals surface area contributed by atoms with Gasteiger partial charge in [0.1, 0.15) is 11.3 Å². The molecule has 4 rings (SSSR count). The summed E-state index contributed by atoms with van der Waals surface area (Å²) in [7, 11) is 3.11. The van der Waals surface area contributed by atoms with Gasteiger partial charge in [0.2, 0.25) is 0 Å². The van der Waals surface area contributed by atoms with Crippen LogP contribution in [0.2, 0.25) is 0 Å². The summed E-state index contributed by atoms with van der Waals surface area (Å²) in [5.74, 6) is 0.485. The van der Waals surface area contributed by atoms with Crippen molar-refractivity contribution >= 4 is 28.8 Å². The second-order valence-electron chi connectivity index (χ2n) is 7.37. The Morgan fingerprint density at radius 2 is 1.70 bits per heavy atom. The molecule has 0 spiro atoms. The summed E-state index contributed by atoms with van der Waals surface area (Å²) in [6.07, 6.45) is 2.95. The maximum atomic E-state index is 12.9. The molecule has 166 valence electrons. The molecule has 0 fully saturated rings. The van der Waals surface area contributed by atoms with Crippen LogP contribution in [0.25, 0.3) is 28.4 Å². The van der Waals surface area contributed by atoms with E-state index in [2.05, 4.69) is 0 Å². The number of allylic oxidation sites excluding steroid dienone is 1. The summed E-state index contributed by atoms with van der Waals surface area (Å²) in [5.41, 5.74) is 3.08. The molecular weight excluding hydrogens is 420 g/mol. The van der Waals surface area contributed by atoms with Crippen LogP contribution < -0.4 is 9.47 Å². The Bertz CT molecular complexity index is 1350. The van der Waals surface area contributed by atoms with E-state index in [1.165, 1.54) is 6.08 Å².